The van der Waals surface area contributed by atoms with Crippen LogP contribution in [0.4, 0.5) is 17.2 Å². The molecule has 0 saturated heterocycles. The van der Waals surface area contributed by atoms with Gasteiger partial charge in [0, 0.05) is 31.9 Å². The second kappa shape index (κ2) is 8.11. The van der Waals surface area contributed by atoms with Crippen LogP contribution in [0.25, 0.3) is 0 Å². The minimum atomic E-state index is -3.57. The van der Waals surface area contributed by atoms with Crippen LogP contribution < -0.4 is 24.2 Å². The summed E-state index contributed by atoms with van der Waals surface area (Å²) in [6, 6.07) is 6.74. The molecule has 0 amide bonds. The third-order valence-corrected chi connectivity index (χ3v) is 4.88. The summed E-state index contributed by atoms with van der Waals surface area (Å²) in [7, 11) is 3.90. The summed E-state index contributed by atoms with van der Waals surface area (Å²) in [5.74, 6) is 2.02. The van der Waals surface area contributed by atoms with E-state index in [0.29, 0.717) is 34.4 Å². The maximum absolute atomic E-state index is 11.8. The van der Waals surface area contributed by atoms with E-state index < -0.39 is 10.2 Å². The van der Waals surface area contributed by atoms with Gasteiger partial charge >= 0.3 is 10.2 Å². The highest BCUT2D eigenvalue weighted by Gasteiger charge is 2.15. The number of ether oxygens (including phenoxy) is 3. The first-order valence-corrected chi connectivity index (χ1v) is 8.98. The number of aromatic nitrogens is 1. The summed E-state index contributed by atoms with van der Waals surface area (Å²) in [5, 5.41) is 3.10. The highest BCUT2D eigenvalue weighted by atomic mass is 32.2. The molecule has 0 radical (unpaired) electrons. The molecule has 1 heterocycles. The summed E-state index contributed by atoms with van der Waals surface area (Å²) >= 11 is 0. The molecule has 10 heteroatoms. The summed E-state index contributed by atoms with van der Waals surface area (Å²) < 4.78 is 43.0. The van der Waals surface area contributed by atoms with Crippen molar-refractivity contribution in [3.05, 3.63) is 30.5 Å². The first-order valence-electron chi connectivity index (χ1n) is 7.54. The summed E-state index contributed by atoms with van der Waals surface area (Å²) in [4.78, 5) is 4.20. The molecule has 1 aromatic carbocycles. The number of hydrogen-bond acceptors (Lipinski definition) is 7. The molecule has 142 valence electrons. The molecule has 2 rings (SSSR count). The Morgan fingerprint density at radius 2 is 1.58 bits per heavy atom. The van der Waals surface area contributed by atoms with E-state index in [1.54, 1.807) is 24.3 Å². The number of hydrogen-bond donors (Lipinski definition) is 2. The van der Waals surface area contributed by atoms with Crippen LogP contribution in [0.2, 0.25) is 0 Å². The van der Waals surface area contributed by atoms with E-state index in [0.717, 1.165) is 4.31 Å². The Labute approximate surface area is 153 Å². The van der Waals surface area contributed by atoms with Crippen molar-refractivity contribution < 1.29 is 22.6 Å². The zero-order valence-electron chi connectivity index (χ0n) is 15.2. The fourth-order valence-corrected chi connectivity index (χ4v) is 2.67. The van der Waals surface area contributed by atoms with Gasteiger partial charge < -0.3 is 19.5 Å². The molecule has 2 N–H and O–H groups in total. The molecular formula is C16H22N4O5S. The van der Waals surface area contributed by atoms with Gasteiger partial charge in [0.25, 0.3) is 0 Å². The van der Waals surface area contributed by atoms with Crippen molar-refractivity contribution in [1.82, 2.24) is 9.29 Å². The number of nitrogens with zero attached hydrogens (tertiary/aromatic N) is 2. The lowest BCUT2D eigenvalue weighted by molar-refractivity contribution is 0.324. The van der Waals surface area contributed by atoms with Crippen molar-refractivity contribution in [3.63, 3.8) is 0 Å². The Bertz CT molecular complexity index is 828. The van der Waals surface area contributed by atoms with Crippen LogP contribution in [0.15, 0.2) is 30.5 Å². The van der Waals surface area contributed by atoms with Gasteiger partial charge in [0.05, 0.1) is 33.2 Å². The maximum atomic E-state index is 11.8. The molecule has 0 spiro atoms. The molecule has 0 atom stereocenters. The van der Waals surface area contributed by atoms with Crippen LogP contribution in [-0.4, -0.2) is 53.1 Å². The molecule has 0 fully saturated rings. The fraction of sp³-hybridized carbons (Fsp3) is 0.312. The SMILES string of the molecule is COc1cc(Nc2ccc(NS(=O)(=O)N(C)C)cn2)cc(OC)c1OC. The Kier molecular flexibility index (Phi) is 6.11. The molecule has 2 aromatic rings. The van der Waals surface area contributed by atoms with E-state index in [-0.39, 0.29) is 0 Å². The van der Waals surface area contributed by atoms with E-state index in [2.05, 4.69) is 15.0 Å². The minimum Gasteiger partial charge on any atom is -0.493 e. The smallest absolute Gasteiger partial charge is 0.301 e. The van der Waals surface area contributed by atoms with Gasteiger partial charge in [-0.25, -0.2) is 4.98 Å². The lowest BCUT2D eigenvalue weighted by Crippen LogP contribution is -2.28. The van der Waals surface area contributed by atoms with E-state index in [4.69, 9.17) is 14.2 Å². The van der Waals surface area contributed by atoms with Crippen LogP contribution in [-0.2, 0) is 10.2 Å². The summed E-state index contributed by atoms with van der Waals surface area (Å²) in [6.07, 6.45) is 1.42. The Balaban J connectivity index is 2.21. The number of benzene rings is 1. The van der Waals surface area contributed by atoms with E-state index >= 15 is 0 Å². The third-order valence-electron chi connectivity index (χ3n) is 3.43. The molecule has 26 heavy (non-hydrogen) atoms. The average molecular weight is 382 g/mol. The zero-order chi connectivity index (χ0) is 19.3. The highest BCUT2D eigenvalue weighted by molar-refractivity contribution is 7.90. The molecule has 9 nitrogen and oxygen atoms in total. The minimum absolute atomic E-state index is 0.356. The number of methoxy groups -OCH3 is 3. The molecule has 0 aliphatic carbocycles. The molecule has 0 bridgehead atoms. The average Bonchev–Trinajstić information content (AvgIpc) is 2.62. The van der Waals surface area contributed by atoms with Gasteiger partial charge in [0.1, 0.15) is 5.82 Å². The first kappa shape index (κ1) is 19.6. The number of anilines is 3. The lowest BCUT2D eigenvalue weighted by atomic mass is 10.2. The van der Waals surface area contributed by atoms with Gasteiger partial charge in [0.15, 0.2) is 11.5 Å². The quantitative estimate of drug-likeness (QED) is 0.720. The topological polar surface area (TPSA) is 102 Å². The predicted octanol–water partition coefficient (Wildman–Crippen LogP) is 2.07. The van der Waals surface area contributed by atoms with Crippen LogP contribution in [0.5, 0.6) is 17.2 Å². The molecule has 0 unspecified atom stereocenters. The van der Waals surface area contributed by atoms with Crippen LogP contribution in [0, 0.1) is 0 Å². The van der Waals surface area contributed by atoms with Gasteiger partial charge in [-0.3, -0.25) is 4.72 Å². The Morgan fingerprint density at radius 3 is 2.00 bits per heavy atom. The van der Waals surface area contributed by atoms with Crippen LogP contribution >= 0.6 is 0 Å². The Hall–Kier alpha value is -2.72. The second-order valence-corrected chi connectivity index (χ2v) is 7.25. The number of rotatable bonds is 8. The van der Waals surface area contributed by atoms with Crippen molar-refractivity contribution >= 4 is 27.4 Å². The summed E-state index contributed by atoms with van der Waals surface area (Å²) in [6.45, 7) is 0. The van der Waals surface area contributed by atoms with Crippen LogP contribution in [0.1, 0.15) is 0 Å². The van der Waals surface area contributed by atoms with E-state index in [9.17, 15) is 8.42 Å². The third kappa shape index (κ3) is 4.46. The number of pyridine rings is 1. The first-order chi connectivity index (χ1) is 12.3. The monoisotopic (exact) mass is 382 g/mol. The Morgan fingerprint density at radius 1 is 0.962 bits per heavy atom. The molecule has 0 saturated carbocycles. The fourth-order valence-electron chi connectivity index (χ4n) is 2.07. The van der Waals surface area contributed by atoms with E-state index in [1.165, 1.54) is 41.6 Å². The van der Waals surface area contributed by atoms with Crippen LogP contribution in [0.3, 0.4) is 0 Å². The van der Waals surface area contributed by atoms with Crippen molar-refractivity contribution in [3.8, 4) is 17.2 Å². The van der Waals surface area contributed by atoms with Gasteiger partial charge in [-0.05, 0) is 12.1 Å². The molecule has 0 aliphatic rings. The molecule has 1 aromatic heterocycles. The second-order valence-electron chi connectivity index (χ2n) is 5.36. The van der Waals surface area contributed by atoms with Crippen molar-refractivity contribution in [2.45, 2.75) is 0 Å². The standard InChI is InChI=1S/C16H22N4O5S/c1-20(2)26(21,22)19-11-6-7-15(17-10-11)18-12-8-13(23-3)16(25-5)14(9-12)24-4/h6-10,19H,1-5H3,(H,17,18). The van der Waals surface area contributed by atoms with E-state index in [1.807, 2.05) is 0 Å². The maximum Gasteiger partial charge on any atom is 0.301 e. The van der Waals surface area contributed by atoms with Crippen molar-refractivity contribution in [2.24, 2.45) is 0 Å². The van der Waals surface area contributed by atoms with Crippen molar-refractivity contribution in [2.75, 3.05) is 45.5 Å². The largest absolute Gasteiger partial charge is 0.493 e. The van der Waals surface area contributed by atoms with Gasteiger partial charge in [-0.15, -0.1) is 0 Å². The zero-order valence-corrected chi connectivity index (χ0v) is 16.0. The number of nitrogens with one attached hydrogen (secondary N) is 2. The predicted molar refractivity (Wildman–Crippen MR) is 99.8 cm³/mol. The summed E-state index contributed by atoms with van der Waals surface area (Å²) in [5.41, 5.74) is 1.03. The molecule has 0 aliphatic heterocycles. The normalized spacial score (nSPS) is 11.2. The van der Waals surface area contributed by atoms with Crippen molar-refractivity contribution in [1.29, 1.82) is 0 Å². The van der Waals surface area contributed by atoms with Gasteiger partial charge in [0.2, 0.25) is 5.75 Å². The lowest BCUT2D eigenvalue weighted by Gasteiger charge is -2.15. The molecular weight excluding hydrogens is 360 g/mol. The van der Waals surface area contributed by atoms with Gasteiger partial charge in [-0.2, -0.15) is 12.7 Å². The highest BCUT2D eigenvalue weighted by Crippen LogP contribution is 2.40. The van der Waals surface area contributed by atoms with Gasteiger partial charge in [-0.1, -0.05) is 0 Å².